The molecule has 0 saturated heterocycles. The molecule has 0 fully saturated rings. The Bertz CT molecular complexity index is 1180. The highest BCUT2D eigenvalue weighted by atomic mass is 16.5. The van der Waals surface area contributed by atoms with Gasteiger partial charge in [0.25, 0.3) is 5.91 Å². The second-order valence-electron chi connectivity index (χ2n) is 8.56. The predicted octanol–water partition coefficient (Wildman–Crippen LogP) is 4.52. The number of hydrogen-bond acceptors (Lipinski definition) is 5. The third kappa shape index (κ3) is 5.62. The highest BCUT2D eigenvalue weighted by Crippen LogP contribution is 2.35. The number of ether oxygens (including phenoxy) is 2. The summed E-state index contributed by atoms with van der Waals surface area (Å²) in [5.74, 6) is 0.997. The van der Waals surface area contributed by atoms with Gasteiger partial charge in [-0.3, -0.25) is 19.5 Å². The highest BCUT2D eigenvalue weighted by molar-refractivity contribution is 6.03. The van der Waals surface area contributed by atoms with Crippen molar-refractivity contribution in [1.82, 2.24) is 9.88 Å². The van der Waals surface area contributed by atoms with Crippen LogP contribution in [0.1, 0.15) is 37.0 Å². The zero-order chi connectivity index (χ0) is 24.8. The number of carbonyl (C=O) groups is 2. The Morgan fingerprint density at radius 2 is 1.94 bits per heavy atom. The van der Waals surface area contributed by atoms with Gasteiger partial charge in [-0.2, -0.15) is 0 Å². The maximum atomic E-state index is 13.8. The molecular formula is C28H31N3O4. The minimum atomic E-state index is -0.608. The maximum absolute atomic E-state index is 13.8. The van der Waals surface area contributed by atoms with Gasteiger partial charge in [-0.15, -0.1) is 0 Å². The molecule has 0 aliphatic carbocycles. The zero-order valence-corrected chi connectivity index (χ0v) is 20.4. The van der Waals surface area contributed by atoms with E-state index in [4.69, 9.17) is 9.47 Å². The molecule has 1 aliphatic rings. The number of anilines is 1. The molecule has 0 N–H and O–H groups in total. The number of benzene rings is 2. The van der Waals surface area contributed by atoms with Crippen LogP contribution in [-0.4, -0.2) is 41.0 Å². The van der Waals surface area contributed by atoms with Gasteiger partial charge in [-0.25, -0.2) is 0 Å². The van der Waals surface area contributed by atoms with Crippen LogP contribution < -0.4 is 14.4 Å². The van der Waals surface area contributed by atoms with Crippen LogP contribution in [0.15, 0.2) is 67.0 Å². The van der Waals surface area contributed by atoms with E-state index in [0.717, 1.165) is 22.4 Å². The first kappa shape index (κ1) is 24.3. The van der Waals surface area contributed by atoms with Crippen molar-refractivity contribution in [3.8, 4) is 11.5 Å². The van der Waals surface area contributed by atoms with Gasteiger partial charge in [0.1, 0.15) is 18.0 Å². The quantitative estimate of drug-likeness (QED) is 0.457. The summed E-state index contributed by atoms with van der Waals surface area (Å²) in [6, 6.07) is 17.2. The Labute approximate surface area is 206 Å². The van der Waals surface area contributed by atoms with Crippen LogP contribution in [0, 0.1) is 6.92 Å². The second-order valence-corrected chi connectivity index (χ2v) is 8.56. The Morgan fingerprint density at radius 3 is 2.69 bits per heavy atom. The van der Waals surface area contributed by atoms with Crippen LogP contribution in [0.25, 0.3) is 0 Å². The van der Waals surface area contributed by atoms with Crippen molar-refractivity contribution in [2.45, 2.75) is 46.4 Å². The van der Waals surface area contributed by atoms with Crippen molar-refractivity contribution in [3.63, 3.8) is 0 Å². The van der Waals surface area contributed by atoms with Crippen LogP contribution in [0.5, 0.6) is 11.5 Å². The topological polar surface area (TPSA) is 72.0 Å². The lowest BCUT2D eigenvalue weighted by molar-refractivity contribution is -0.134. The van der Waals surface area contributed by atoms with E-state index >= 15 is 0 Å². The number of carbonyl (C=O) groups excluding carboxylic acids is 2. The molecule has 0 unspecified atom stereocenters. The molecule has 0 radical (unpaired) electrons. The molecule has 1 atom stereocenters. The van der Waals surface area contributed by atoms with Crippen LogP contribution in [-0.2, 0) is 22.7 Å². The summed E-state index contributed by atoms with van der Waals surface area (Å²) in [5.41, 5.74) is 3.43. The minimum absolute atomic E-state index is 0.0772. The maximum Gasteiger partial charge on any atom is 0.268 e. The molecule has 2 aromatic carbocycles. The van der Waals surface area contributed by atoms with E-state index in [0.29, 0.717) is 37.6 Å². The molecule has 7 nitrogen and oxygen atoms in total. The fourth-order valence-corrected chi connectivity index (χ4v) is 4.17. The Kier molecular flexibility index (Phi) is 7.65. The molecule has 1 aliphatic heterocycles. The van der Waals surface area contributed by atoms with Crippen molar-refractivity contribution in [2.75, 3.05) is 18.1 Å². The summed E-state index contributed by atoms with van der Waals surface area (Å²) >= 11 is 0. The van der Waals surface area contributed by atoms with E-state index in [9.17, 15) is 9.59 Å². The lowest BCUT2D eigenvalue weighted by atomic mass is 10.1. The van der Waals surface area contributed by atoms with Gasteiger partial charge in [-0.1, -0.05) is 37.3 Å². The van der Waals surface area contributed by atoms with Crippen molar-refractivity contribution in [2.24, 2.45) is 0 Å². The van der Waals surface area contributed by atoms with Crippen molar-refractivity contribution in [3.05, 3.63) is 83.7 Å². The number of hydrogen-bond donors (Lipinski definition) is 0. The predicted molar refractivity (Wildman–Crippen MR) is 134 cm³/mol. The fraction of sp³-hybridized carbons (Fsp3) is 0.321. The zero-order valence-electron chi connectivity index (χ0n) is 20.4. The normalized spacial score (nSPS) is 14.8. The van der Waals surface area contributed by atoms with Crippen LogP contribution >= 0.6 is 0 Å². The van der Waals surface area contributed by atoms with Gasteiger partial charge in [0, 0.05) is 31.0 Å². The van der Waals surface area contributed by atoms with Gasteiger partial charge in [0.2, 0.25) is 5.91 Å². The van der Waals surface area contributed by atoms with Gasteiger partial charge in [-0.05, 0) is 55.7 Å². The first-order chi connectivity index (χ1) is 17.0. The van der Waals surface area contributed by atoms with Crippen molar-refractivity contribution < 1.29 is 19.1 Å². The van der Waals surface area contributed by atoms with Gasteiger partial charge >= 0.3 is 0 Å². The average molecular weight is 474 g/mol. The standard InChI is InChI=1S/C28H31N3O4/c1-4-24-28(33)31(23-15-20(3)12-13-26(23)35-24)19-27(32)30(17-21-9-8-14-29-16-21)18-22-10-6-7-11-25(22)34-5-2/h6-16,24H,4-5,17-19H2,1-3H3/t24-/m0/s1. The molecule has 0 bridgehead atoms. The highest BCUT2D eigenvalue weighted by Gasteiger charge is 2.35. The van der Waals surface area contributed by atoms with E-state index in [1.807, 2.05) is 75.4 Å². The molecular weight excluding hydrogens is 442 g/mol. The third-order valence-electron chi connectivity index (χ3n) is 5.96. The van der Waals surface area contributed by atoms with E-state index in [-0.39, 0.29) is 18.4 Å². The van der Waals surface area contributed by atoms with E-state index in [1.165, 1.54) is 0 Å². The molecule has 2 heterocycles. The summed E-state index contributed by atoms with van der Waals surface area (Å²) in [6.07, 6.45) is 3.37. The largest absolute Gasteiger partial charge is 0.494 e. The number of pyridine rings is 1. The molecule has 1 aromatic heterocycles. The van der Waals surface area contributed by atoms with E-state index in [1.54, 1.807) is 22.2 Å². The van der Waals surface area contributed by atoms with Gasteiger partial charge in [0.15, 0.2) is 6.10 Å². The van der Waals surface area contributed by atoms with Crippen molar-refractivity contribution in [1.29, 1.82) is 0 Å². The molecule has 0 spiro atoms. The monoisotopic (exact) mass is 473 g/mol. The minimum Gasteiger partial charge on any atom is -0.494 e. The number of rotatable bonds is 9. The number of aromatic nitrogens is 1. The molecule has 2 amide bonds. The Morgan fingerprint density at radius 1 is 1.11 bits per heavy atom. The smallest absolute Gasteiger partial charge is 0.268 e. The molecule has 7 heteroatoms. The number of aryl methyl sites for hydroxylation is 1. The summed E-state index contributed by atoms with van der Waals surface area (Å²) in [6.45, 7) is 6.96. The summed E-state index contributed by atoms with van der Waals surface area (Å²) < 4.78 is 11.7. The summed E-state index contributed by atoms with van der Waals surface area (Å²) in [7, 11) is 0. The molecule has 0 saturated carbocycles. The molecule has 3 aromatic rings. The summed E-state index contributed by atoms with van der Waals surface area (Å²) in [4.78, 5) is 34.5. The first-order valence-electron chi connectivity index (χ1n) is 12.0. The number of fused-ring (bicyclic) bond motifs is 1. The van der Waals surface area contributed by atoms with Crippen LogP contribution in [0.4, 0.5) is 5.69 Å². The lowest BCUT2D eigenvalue weighted by Crippen LogP contribution is -2.50. The SMILES string of the molecule is CCOc1ccccc1CN(Cc1cccnc1)C(=O)CN1C(=O)[C@H](CC)Oc2ccc(C)cc21. The van der Waals surface area contributed by atoms with Crippen molar-refractivity contribution >= 4 is 17.5 Å². The number of para-hydroxylation sites is 1. The molecule has 35 heavy (non-hydrogen) atoms. The lowest BCUT2D eigenvalue weighted by Gasteiger charge is -2.35. The number of amides is 2. The second kappa shape index (κ2) is 11.0. The molecule has 4 rings (SSSR count). The van der Waals surface area contributed by atoms with E-state index < -0.39 is 6.10 Å². The first-order valence-corrected chi connectivity index (χ1v) is 12.0. The summed E-state index contributed by atoms with van der Waals surface area (Å²) in [5, 5.41) is 0. The van der Waals surface area contributed by atoms with Gasteiger partial charge < -0.3 is 14.4 Å². The fourth-order valence-electron chi connectivity index (χ4n) is 4.17. The number of nitrogens with zero attached hydrogens (tertiary/aromatic N) is 3. The molecule has 182 valence electrons. The average Bonchev–Trinajstić information content (AvgIpc) is 2.87. The Hall–Kier alpha value is -3.87. The van der Waals surface area contributed by atoms with Gasteiger partial charge in [0.05, 0.1) is 12.3 Å². The third-order valence-corrected chi connectivity index (χ3v) is 5.96. The van der Waals surface area contributed by atoms with Crippen LogP contribution in [0.3, 0.4) is 0 Å². The Balaban J connectivity index is 1.64. The van der Waals surface area contributed by atoms with Crippen LogP contribution in [0.2, 0.25) is 0 Å². The van der Waals surface area contributed by atoms with E-state index in [2.05, 4.69) is 4.98 Å².